The summed E-state index contributed by atoms with van der Waals surface area (Å²) in [7, 11) is 2.20. The normalized spacial score (nSPS) is 11.2. The van der Waals surface area contributed by atoms with Gasteiger partial charge >= 0.3 is 0 Å². The highest BCUT2D eigenvalue weighted by molar-refractivity contribution is 5.98. The lowest BCUT2D eigenvalue weighted by molar-refractivity contribution is -0.648. The van der Waals surface area contributed by atoms with Gasteiger partial charge in [0.25, 0.3) is 0 Å². The standard InChI is InChI=1S/C42H39N2O/c1-3-44(30-31-45)37-27-24-32(25-28-37)26-29-38-39(33-16-8-4-9-17-33)41(35-20-12-6-13-21-35)43(2)42(36-22-14-7-15-23-36)40(38)34-18-10-5-11-19-34/h4-29,45H,3,30-31H2,1-2H3/q+1. The van der Waals surface area contributed by atoms with E-state index in [9.17, 15) is 5.11 Å². The van der Waals surface area contributed by atoms with E-state index in [0.717, 1.165) is 40.3 Å². The molecule has 3 nitrogen and oxygen atoms in total. The van der Waals surface area contributed by atoms with Crippen LogP contribution in [0.15, 0.2) is 146 Å². The summed E-state index contributed by atoms with van der Waals surface area (Å²) in [4.78, 5) is 2.18. The van der Waals surface area contributed by atoms with Crippen molar-refractivity contribution in [3.63, 3.8) is 0 Å². The molecule has 0 radical (unpaired) electrons. The van der Waals surface area contributed by atoms with E-state index >= 15 is 0 Å². The Balaban J connectivity index is 1.68. The van der Waals surface area contributed by atoms with Gasteiger partial charge < -0.3 is 10.0 Å². The Bertz CT molecular complexity index is 1760. The number of anilines is 1. The Morgan fingerprint density at radius 2 is 0.978 bits per heavy atom. The van der Waals surface area contributed by atoms with Crippen molar-refractivity contribution in [2.45, 2.75) is 6.92 Å². The molecule has 0 aliphatic heterocycles. The molecule has 1 heterocycles. The van der Waals surface area contributed by atoms with Gasteiger partial charge in [0.15, 0.2) is 0 Å². The van der Waals surface area contributed by atoms with Crippen LogP contribution in [0.4, 0.5) is 5.69 Å². The largest absolute Gasteiger partial charge is 0.395 e. The number of rotatable bonds is 10. The first-order valence-corrected chi connectivity index (χ1v) is 15.6. The summed E-state index contributed by atoms with van der Waals surface area (Å²) in [5, 5.41) is 9.51. The van der Waals surface area contributed by atoms with Gasteiger partial charge in [0, 0.05) is 35.5 Å². The van der Waals surface area contributed by atoms with Gasteiger partial charge in [0.05, 0.1) is 17.7 Å². The van der Waals surface area contributed by atoms with Gasteiger partial charge in [0.2, 0.25) is 11.4 Å². The maximum absolute atomic E-state index is 9.51. The fourth-order valence-electron chi connectivity index (χ4n) is 6.22. The van der Waals surface area contributed by atoms with E-state index in [1.54, 1.807) is 0 Å². The Kier molecular flexibility index (Phi) is 9.29. The Morgan fingerprint density at radius 1 is 0.556 bits per heavy atom. The van der Waals surface area contributed by atoms with Crippen LogP contribution >= 0.6 is 0 Å². The van der Waals surface area contributed by atoms with Crippen LogP contribution in [0.25, 0.3) is 56.9 Å². The van der Waals surface area contributed by atoms with E-state index in [2.05, 4.69) is 181 Å². The molecule has 0 saturated heterocycles. The molecule has 0 aliphatic carbocycles. The molecule has 0 spiro atoms. The lowest BCUT2D eigenvalue weighted by atomic mass is 9.85. The Hall–Kier alpha value is -5.25. The number of nitrogens with zero attached hydrogens (tertiary/aromatic N) is 2. The van der Waals surface area contributed by atoms with Gasteiger partial charge in [-0.05, 0) is 60.0 Å². The summed E-state index contributed by atoms with van der Waals surface area (Å²) in [5.41, 5.74) is 12.8. The molecule has 0 saturated carbocycles. The van der Waals surface area contributed by atoms with Crippen molar-refractivity contribution in [3.05, 3.63) is 157 Å². The van der Waals surface area contributed by atoms with Gasteiger partial charge in [-0.1, -0.05) is 121 Å². The second-order valence-electron chi connectivity index (χ2n) is 11.1. The topological polar surface area (TPSA) is 27.3 Å². The van der Waals surface area contributed by atoms with E-state index < -0.39 is 0 Å². The van der Waals surface area contributed by atoms with Crippen LogP contribution in [-0.4, -0.2) is 24.8 Å². The summed E-state index contributed by atoms with van der Waals surface area (Å²) >= 11 is 0. The lowest BCUT2D eigenvalue weighted by Gasteiger charge is -2.22. The number of likely N-dealkylation sites (N-methyl/N-ethyl adjacent to an activating group) is 1. The molecule has 0 unspecified atom stereocenters. The molecule has 3 heteroatoms. The quantitative estimate of drug-likeness (QED) is 0.162. The minimum Gasteiger partial charge on any atom is -0.395 e. The van der Waals surface area contributed by atoms with Crippen molar-refractivity contribution in [3.8, 4) is 44.8 Å². The van der Waals surface area contributed by atoms with Crippen molar-refractivity contribution < 1.29 is 9.67 Å². The molecule has 0 aliphatic rings. The lowest BCUT2D eigenvalue weighted by Crippen LogP contribution is -2.36. The van der Waals surface area contributed by atoms with E-state index in [0.29, 0.717) is 6.54 Å². The smallest absolute Gasteiger partial charge is 0.221 e. The van der Waals surface area contributed by atoms with Crippen LogP contribution in [-0.2, 0) is 7.05 Å². The number of hydrogen-bond acceptors (Lipinski definition) is 2. The third kappa shape index (κ3) is 6.35. The molecule has 45 heavy (non-hydrogen) atoms. The molecule has 1 aromatic heterocycles. The van der Waals surface area contributed by atoms with Crippen LogP contribution < -0.4 is 9.47 Å². The van der Waals surface area contributed by atoms with Gasteiger partial charge in [0.1, 0.15) is 7.05 Å². The molecule has 0 atom stereocenters. The zero-order valence-corrected chi connectivity index (χ0v) is 26.0. The van der Waals surface area contributed by atoms with E-state index in [1.807, 2.05) is 0 Å². The summed E-state index contributed by atoms with van der Waals surface area (Å²) in [6.45, 7) is 3.73. The zero-order valence-electron chi connectivity index (χ0n) is 26.0. The van der Waals surface area contributed by atoms with Gasteiger partial charge in [-0.15, -0.1) is 0 Å². The highest BCUT2D eigenvalue weighted by atomic mass is 16.3. The third-order valence-electron chi connectivity index (χ3n) is 8.35. The monoisotopic (exact) mass is 587 g/mol. The Labute approximate surface area is 267 Å². The highest BCUT2D eigenvalue weighted by Crippen LogP contribution is 2.43. The first-order chi connectivity index (χ1) is 22.2. The van der Waals surface area contributed by atoms with Gasteiger partial charge in [-0.2, -0.15) is 4.57 Å². The SMILES string of the molecule is CCN(CCO)c1ccc(/C=C/c2c(-c3ccccc3)c(-c3ccccc3)[n+](C)c(-c3ccccc3)c2-c2ccccc2)cc1. The van der Waals surface area contributed by atoms with Crippen LogP contribution in [0.2, 0.25) is 0 Å². The minimum absolute atomic E-state index is 0.138. The zero-order chi connectivity index (χ0) is 31.0. The third-order valence-corrected chi connectivity index (χ3v) is 8.35. The summed E-state index contributed by atoms with van der Waals surface area (Å²) in [6.07, 6.45) is 4.52. The van der Waals surface area contributed by atoms with Crippen LogP contribution in [0.3, 0.4) is 0 Å². The van der Waals surface area contributed by atoms with Crippen molar-refractivity contribution in [2.75, 3.05) is 24.6 Å². The molecular formula is C42H39N2O+. The summed E-state index contributed by atoms with van der Waals surface area (Å²) in [6, 6.07) is 51.5. The highest BCUT2D eigenvalue weighted by Gasteiger charge is 2.31. The average Bonchev–Trinajstić information content (AvgIpc) is 3.11. The van der Waals surface area contributed by atoms with E-state index in [1.165, 1.54) is 27.8 Å². The molecule has 5 aromatic carbocycles. The minimum atomic E-state index is 0.138. The number of aliphatic hydroxyl groups is 1. The number of pyridine rings is 1. The molecule has 0 fully saturated rings. The van der Waals surface area contributed by atoms with Crippen molar-refractivity contribution in [1.82, 2.24) is 0 Å². The maximum atomic E-state index is 9.51. The van der Waals surface area contributed by atoms with Gasteiger partial charge in [-0.3, -0.25) is 0 Å². The molecule has 222 valence electrons. The summed E-state index contributed by atoms with van der Waals surface area (Å²) < 4.78 is 2.38. The predicted octanol–water partition coefficient (Wildman–Crippen LogP) is 9.17. The number of hydrogen-bond donors (Lipinski definition) is 1. The second-order valence-corrected chi connectivity index (χ2v) is 11.1. The first-order valence-electron chi connectivity index (χ1n) is 15.6. The van der Waals surface area contributed by atoms with E-state index in [4.69, 9.17) is 0 Å². The number of benzene rings is 5. The molecule has 6 aromatic rings. The maximum Gasteiger partial charge on any atom is 0.221 e. The first kappa shape index (κ1) is 29.8. The fourth-order valence-corrected chi connectivity index (χ4v) is 6.22. The molecular weight excluding hydrogens is 548 g/mol. The Morgan fingerprint density at radius 3 is 1.38 bits per heavy atom. The fraction of sp³-hybridized carbons (Fsp3) is 0.119. The average molecular weight is 588 g/mol. The molecule has 1 N–H and O–H groups in total. The van der Waals surface area contributed by atoms with Gasteiger partial charge in [-0.25, -0.2) is 0 Å². The molecule has 0 amide bonds. The molecule has 6 rings (SSSR count). The molecule has 0 bridgehead atoms. The number of aromatic nitrogens is 1. The predicted molar refractivity (Wildman–Crippen MR) is 190 cm³/mol. The van der Waals surface area contributed by atoms with Crippen LogP contribution in [0.1, 0.15) is 18.1 Å². The van der Waals surface area contributed by atoms with Crippen LogP contribution in [0, 0.1) is 0 Å². The van der Waals surface area contributed by atoms with Crippen molar-refractivity contribution in [1.29, 1.82) is 0 Å². The van der Waals surface area contributed by atoms with Crippen LogP contribution in [0.5, 0.6) is 0 Å². The number of aliphatic hydroxyl groups excluding tert-OH is 1. The summed E-state index contributed by atoms with van der Waals surface area (Å²) in [5.74, 6) is 0. The van der Waals surface area contributed by atoms with E-state index in [-0.39, 0.29) is 6.61 Å². The van der Waals surface area contributed by atoms with Crippen molar-refractivity contribution in [2.24, 2.45) is 7.05 Å². The second kappa shape index (κ2) is 14.0. The van der Waals surface area contributed by atoms with Crippen molar-refractivity contribution >= 4 is 17.8 Å².